The Balaban J connectivity index is 1.66. The number of benzene rings is 1. The largest absolute Gasteiger partial charge is 0.454 e. The van der Waals surface area contributed by atoms with Gasteiger partial charge in [0.05, 0.1) is 6.61 Å². The van der Waals surface area contributed by atoms with Crippen molar-refractivity contribution in [3.63, 3.8) is 0 Å². The standard InChI is InChI=1S/C16H20N2O5/c1-21-7-6-17-16(20)12-3-5-15(19)18(12)9-11-2-4-13-14(8-11)23-10-22-13/h2,4,8,12H,3,5-7,9-10H2,1H3,(H,17,20). The molecule has 1 aromatic rings. The lowest BCUT2D eigenvalue weighted by atomic mass is 10.1. The third kappa shape index (κ3) is 3.39. The molecule has 2 aliphatic heterocycles. The molecule has 2 amide bonds. The van der Waals surface area contributed by atoms with Gasteiger partial charge in [-0.25, -0.2) is 0 Å². The number of methoxy groups -OCH3 is 1. The van der Waals surface area contributed by atoms with Crippen molar-refractivity contribution in [2.45, 2.75) is 25.4 Å². The first-order chi connectivity index (χ1) is 11.2. The van der Waals surface area contributed by atoms with Crippen molar-refractivity contribution in [1.29, 1.82) is 0 Å². The highest BCUT2D eigenvalue weighted by molar-refractivity contribution is 5.90. The van der Waals surface area contributed by atoms with Gasteiger partial charge in [-0.2, -0.15) is 0 Å². The van der Waals surface area contributed by atoms with Gasteiger partial charge in [-0.05, 0) is 24.1 Å². The number of likely N-dealkylation sites (tertiary alicyclic amines) is 1. The van der Waals surface area contributed by atoms with E-state index in [-0.39, 0.29) is 18.6 Å². The Hall–Kier alpha value is -2.28. The number of ether oxygens (including phenoxy) is 3. The first-order valence-electron chi connectivity index (χ1n) is 7.63. The maximum atomic E-state index is 12.2. The number of carbonyl (C=O) groups is 2. The molecule has 124 valence electrons. The molecular formula is C16H20N2O5. The summed E-state index contributed by atoms with van der Waals surface area (Å²) < 4.78 is 15.6. The Labute approximate surface area is 134 Å². The predicted molar refractivity (Wildman–Crippen MR) is 81.0 cm³/mol. The number of amides is 2. The molecule has 0 saturated carbocycles. The molecule has 0 aliphatic carbocycles. The Bertz CT molecular complexity index is 604. The fourth-order valence-electron chi connectivity index (χ4n) is 2.83. The van der Waals surface area contributed by atoms with E-state index in [1.54, 1.807) is 12.0 Å². The normalized spacial score (nSPS) is 19.3. The first kappa shape index (κ1) is 15.6. The topological polar surface area (TPSA) is 77.1 Å². The predicted octanol–water partition coefficient (Wildman–Crippen LogP) is 0.669. The van der Waals surface area contributed by atoms with E-state index < -0.39 is 6.04 Å². The first-order valence-corrected chi connectivity index (χ1v) is 7.63. The molecule has 23 heavy (non-hydrogen) atoms. The fourth-order valence-corrected chi connectivity index (χ4v) is 2.83. The van der Waals surface area contributed by atoms with E-state index in [1.165, 1.54) is 0 Å². The van der Waals surface area contributed by atoms with Crippen LogP contribution in [0.3, 0.4) is 0 Å². The zero-order valence-corrected chi connectivity index (χ0v) is 13.0. The van der Waals surface area contributed by atoms with Crippen molar-refractivity contribution < 1.29 is 23.8 Å². The van der Waals surface area contributed by atoms with Gasteiger partial charge < -0.3 is 24.4 Å². The van der Waals surface area contributed by atoms with Crippen molar-refractivity contribution in [3.8, 4) is 11.5 Å². The van der Waals surface area contributed by atoms with E-state index in [2.05, 4.69) is 5.32 Å². The summed E-state index contributed by atoms with van der Waals surface area (Å²) in [5.74, 6) is 1.24. The number of fused-ring (bicyclic) bond motifs is 1. The highest BCUT2D eigenvalue weighted by atomic mass is 16.7. The zero-order valence-electron chi connectivity index (χ0n) is 13.0. The van der Waals surface area contributed by atoms with Crippen molar-refractivity contribution >= 4 is 11.8 Å². The van der Waals surface area contributed by atoms with E-state index in [9.17, 15) is 9.59 Å². The van der Waals surface area contributed by atoms with Crippen LogP contribution in [0, 0.1) is 0 Å². The summed E-state index contributed by atoms with van der Waals surface area (Å²) in [5, 5.41) is 2.80. The maximum absolute atomic E-state index is 12.2. The number of hydrogen-bond acceptors (Lipinski definition) is 5. The third-order valence-corrected chi connectivity index (χ3v) is 4.03. The average molecular weight is 320 g/mol. The molecule has 1 fully saturated rings. The summed E-state index contributed by atoms with van der Waals surface area (Å²) in [6.45, 7) is 1.50. The van der Waals surface area contributed by atoms with Crippen molar-refractivity contribution in [3.05, 3.63) is 23.8 Å². The molecule has 7 nitrogen and oxygen atoms in total. The van der Waals surface area contributed by atoms with Gasteiger partial charge in [0.25, 0.3) is 0 Å². The molecule has 2 heterocycles. The van der Waals surface area contributed by atoms with Gasteiger partial charge in [0.15, 0.2) is 11.5 Å². The second-order valence-corrected chi connectivity index (χ2v) is 5.55. The summed E-state index contributed by atoms with van der Waals surface area (Å²) in [7, 11) is 1.58. The van der Waals surface area contributed by atoms with E-state index in [0.717, 1.165) is 5.56 Å². The molecule has 1 aromatic carbocycles. The van der Waals surface area contributed by atoms with Crippen LogP contribution in [0.2, 0.25) is 0 Å². The van der Waals surface area contributed by atoms with Crippen LogP contribution in [0.1, 0.15) is 18.4 Å². The summed E-state index contributed by atoms with van der Waals surface area (Å²) in [6, 6.07) is 5.14. The van der Waals surface area contributed by atoms with Crippen LogP contribution in [0.15, 0.2) is 18.2 Å². The van der Waals surface area contributed by atoms with Crippen molar-refractivity contribution in [2.75, 3.05) is 27.1 Å². The van der Waals surface area contributed by atoms with Gasteiger partial charge in [0, 0.05) is 26.6 Å². The number of rotatable bonds is 6. The molecule has 1 saturated heterocycles. The van der Waals surface area contributed by atoms with Crippen LogP contribution < -0.4 is 14.8 Å². The van der Waals surface area contributed by atoms with Gasteiger partial charge in [-0.15, -0.1) is 0 Å². The minimum absolute atomic E-state index is 0.00504. The molecule has 0 bridgehead atoms. The van der Waals surface area contributed by atoms with E-state index >= 15 is 0 Å². The van der Waals surface area contributed by atoms with Crippen LogP contribution in [-0.2, 0) is 20.9 Å². The maximum Gasteiger partial charge on any atom is 0.242 e. The monoisotopic (exact) mass is 320 g/mol. The summed E-state index contributed by atoms with van der Waals surface area (Å²) in [6.07, 6.45) is 0.940. The van der Waals surface area contributed by atoms with E-state index in [1.807, 2.05) is 18.2 Å². The smallest absolute Gasteiger partial charge is 0.242 e. The summed E-state index contributed by atoms with van der Waals surface area (Å²) in [5.41, 5.74) is 0.916. The van der Waals surface area contributed by atoms with Crippen LogP contribution in [0.25, 0.3) is 0 Å². The Morgan fingerprint density at radius 1 is 1.39 bits per heavy atom. The highest BCUT2D eigenvalue weighted by Gasteiger charge is 2.35. The molecular weight excluding hydrogens is 300 g/mol. The number of carbonyl (C=O) groups excluding carboxylic acids is 2. The van der Waals surface area contributed by atoms with Gasteiger partial charge in [-0.3, -0.25) is 9.59 Å². The Kier molecular flexibility index (Phi) is 4.66. The Morgan fingerprint density at radius 2 is 2.22 bits per heavy atom. The lowest BCUT2D eigenvalue weighted by Crippen LogP contribution is -2.45. The lowest BCUT2D eigenvalue weighted by molar-refractivity contribution is -0.135. The average Bonchev–Trinajstić information content (AvgIpc) is 3.14. The molecule has 7 heteroatoms. The van der Waals surface area contributed by atoms with E-state index in [4.69, 9.17) is 14.2 Å². The third-order valence-electron chi connectivity index (χ3n) is 4.03. The Morgan fingerprint density at radius 3 is 3.04 bits per heavy atom. The van der Waals surface area contributed by atoms with Gasteiger partial charge in [0.1, 0.15) is 6.04 Å². The summed E-state index contributed by atoms with van der Waals surface area (Å²) in [4.78, 5) is 26.0. The molecule has 3 rings (SSSR count). The SMILES string of the molecule is COCCNC(=O)C1CCC(=O)N1Cc1ccc2c(c1)OCO2. The molecule has 0 radical (unpaired) electrons. The quantitative estimate of drug-likeness (QED) is 0.780. The molecule has 0 aromatic heterocycles. The molecule has 1 unspecified atom stereocenters. The van der Waals surface area contributed by atoms with Gasteiger partial charge in [-0.1, -0.05) is 6.07 Å². The number of nitrogens with zero attached hydrogens (tertiary/aromatic N) is 1. The lowest BCUT2D eigenvalue weighted by Gasteiger charge is -2.24. The van der Waals surface area contributed by atoms with Gasteiger partial charge in [0.2, 0.25) is 18.6 Å². The molecule has 1 N–H and O–H groups in total. The number of nitrogens with one attached hydrogen (secondary N) is 1. The van der Waals surface area contributed by atoms with Crippen LogP contribution in [-0.4, -0.2) is 49.8 Å². The fraction of sp³-hybridized carbons (Fsp3) is 0.500. The number of hydrogen-bond donors (Lipinski definition) is 1. The second kappa shape index (κ2) is 6.87. The summed E-state index contributed by atoms with van der Waals surface area (Å²) >= 11 is 0. The molecule has 1 atom stereocenters. The minimum Gasteiger partial charge on any atom is -0.454 e. The van der Waals surface area contributed by atoms with Crippen LogP contribution in [0.4, 0.5) is 0 Å². The highest BCUT2D eigenvalue weighted by Crippen LogP contribution is 2.33. The van der Waals surface area contributed by atoms with Gasteiger partial charge >= 0.3 is 0 Å². The van der Waals surface area contributed by atoms with Crippen molar-refractivity contribution in [2.24, 2.45) is 0 Å². The minimum atomic E-state index is -0.426. The zero-order chi connectivity index (χ0) is 16.2. The van der Waals surface area contributed by atoms with Crippen LogP contribution >= 0.6 is 0 Å². The van der Waals surface area contributed by atoms with Crippen LogP contribution in [0.5, 0.6) is 11.5 Å². The van der Waals surface area contributed by atoms with Crippen molar-refractivity contribution in [1.82, 2.24) is 10.2 Å². The molecule has 2 aliphatic rings. The molecule has 0 spiro atoms. The second-order valence-electron chi connectivity index (χ2n) is 5.55. The van der Waals surface area contributed by atoms with E-state index in [0.29, 0.717) is 44.0 Å².